The zero-order valence-electron chi connectivity index (χ0n) is 9.13. The molecule has 2 fully saturated rings. The van der Waals surface area contributed by atoms with Crippen LogP contribution < -0.4 is 11.1 Å². The Morgan fingerprint density at radius 1 is 1.53 bits per heavy atom. The number of amides is 1. The van der Waals surface area contributed by atoms with Gasteiger partial charge in [0.25, 0.3) is 0 Å². The summed E-state index contributed by atoms with van der Waals surface area (Å²) >= 11 is 0. The van der Waals surface area contributed by atoms with Gasteiger partial charge in [-0.3, -0.25) is 4.79 Å². The Kier molecular flexibility index (Phi) is 3.26. The number of hydrogen-bond donors (Lipinski definition) is 2. The Morgan fingerprint density at radius 2 is 2.33 bits per heavy atom. The smallest absolute Gasteiger partial charge is 0.240 e. The average molecular weight is 212 g/mol. The van der Waals surface area contributed by atoms with E-state index in [0.29, 0.717) is 5.92 Å². The van der Waals surface area contributed by atoms with Gasteiger partial charge in [0, 0.05) is 19.8 Å². The van der Waals surface area contributed by atoms with Gasteiger partial charge in [0.05, 0.1) is 5.54 Å². The van der Waals surface area contributed by atoms with Crippen molar-refractivity contribution in [2.75, 3.05) is 19.8 Å². The summed E-state index contributed by atoms with van der Waals surface area (Å²) in [6, 6.07) is 0. The predicted octanol–water partition coefficient (Wildman–Crippen LogP) is 0.411. The topological polar surface area (TPSA) is 64.4 Å². The van der Waals surface area contributed by atoms with Crippen LogP contribution in [0.4, 0.5) is 0 Å². The highest BCUT2D eigenvalue weighted by atomic mass is 16.5. The Morgan fingerprint density at radius 3 is 2.87 bits per heavy atom. The van der Waals surface area contributed by atoms with E-state index in [4.69, 9.17) is 10.5 Å². The summed E-state index contributed by atoms with van der Waals surface area (Å²) in [4.78, 5) is 11.7. The summed E-state index contributed by atoms with van der Waals surface area (Å²) < 4.78 is 5.28. The maximum Gasteiger partial charge on any atom is 0.240 e. The highest BCUT2D eigenvalue weighted by molar-refractivity contribution is 5.86. The number of carbonyl (C=O) groups is 1. The predicted molar refractivity (Wildman–Crippen MR) is 57.3 cm³/mol. The van der Waals surface area contributed by atoms with Gasteiger partial charge in [-0.2, -0.15) is 0 Å². The first-order chi connectivity index (χ1) is 7.21. The summed E-state index contributed by atoms with van der Waals surface area (Å²) in [6.45, 7) is 2.47. The first kappa shape index (κ1) is 10.9. The van der Waals surface area contributed by atoms with Gasteiger partial charge in [0.2, 0.25) is 5.91 Å². The van der Waals surface area contributed by atoms with Crippen molar-refractivity contribution in [3.05, 3.63) is 0 Å². The fourth-order valence-electron chi connectivity index (χ4n) is 2.16. The van der Waals surface area contributed by atoms with Gasteiger partial charge in [-0.25, -0.2) is 0 Å². The SMILES string of the molecule is NC1(C(=O)NCCC2CCOC2)CCC1. The molecule has 1 saturated heterocycles. The van der Waals surface area contributed by atoms with E-state index in [1.807, 2.05) is 0 Å². The molecule has 1 unspecified atom stereocenters. The summed E-state index contributed by atoms with van der Waals surface area (Å²) in [7, 11) is 0. The second-order valence-corrected chi connectivity index (χ2v) is 4.78. The summed E-state index contributed by atoms with van der Waals surface area (Å²) in [5, 5.41) is 2.93. The lowest BCUT2D eigenvalue weighted by molar-refractivity contribution is -0.129. The maximum absolute atomic E-state index is 11.7. The molecule has 1 amide bonds. The lowest BCUT2D eigenvalue weighted by Crippen LogP contribution is -2.58. The molecule has 2 aliphatic rings. The summed E-state index contributed by atoms with van der Waals surface area (Å²) in [6.07, 6.45) is 4.91. The number of ether oxygens (including phenoxy) is 1. The molecule has 0 spiro atoms. The van der Waals surface area contributed by atoms with Gasteiger partial charge in [-0.1, -0.05) is 0 Å². The molecular formula is C11H20N2O2. The molecule has 0 aromatic carbocycles. The van der Waals surface area contributed by atoms with Crippen LogP contribution in [0.15, 0.2) is 0 Å². The van der Waals surface area contributed by atoms with Gasteiger partial charge in [-0.05, 0) is 38.0 Å². The van der Waals surface area contributed by atoms with Crippen molar-refractivity contribution in [2.24, 2.45) is 11.7 Å². The zero-order chi connectivity index (χ0) is 10.7. The van der Waals surface area contributed by atoms with E-state index in [1.54, 1.807) is 0 Å². The van der Waals surface area contributed by atoms with Crippen LogP contribution in [0.1, 0.15) is 32.1 Å². The maximum atomic E-state index is 11.7. The van der Waals surface area contributed by atoms with Crippen LogP contribution in [-0.4, -0.2) is 31.2 Å². The van der Waals surface area contributed by atoms with Crippen molar-refractivity contribution < 1.29 is 9.53 Å². The van der Waals surface area contributed by atoms with Crippen LogP contribution in [0, 0.1) is 5.92 Å². The highest BCUT2D eigenvalue weighted by Crippen LogP contribution is 2.29. The molecule has 1 aliphatic heterocycles. The fraction of sp³-hybridized carbons (Fsp3) is 0.909. The third-order valence-corrected chi connectivity index (χ3v) is 3.56. The molecule has 0 aromatic rings. The molecule has 1 aliphatic carbocycles. The van der Waals surface area contributed by atoms with Gasteiger partial charge in [0.1, 0.15) is 0 Å². The van der Waals surface area contributed by atoms with E-state index in [1.165, 1.54) is 0 Å². The minimum absolute atomic E-state index is 0.0349. The van der Waals surface area contributed by atoms with Gasteiger partial charge >= 0.3 is 0 Å². The molecule has 1 atom stereocenters. The monoisotopic (exact) mass is 212 g/mol. The van der Waals surface area contributed by atoms with Crippen LogP contribution in [-0.2, 0) is 9.53 Å². The number of carbonyl (C=O) groups excluding carboxylic acids is 1. The Balaban J connectivity index is 1.62. The minimum Gasteiger partial charge on any atom is -0.381 e. The number of nitrogens with two attached hydrogens (primary N) is 1. The molecule has 1 heterocycles. The largest absolute Gasteiger partial charge is 0.381 e. The van der Waals surface area contributed by atoms with Crippen LogP contribution in [0.2, 0.25) is 0 Å². The molecule has 15 heavy (non-hydrogen) atoms. The fourth-order valence-corrected chi connectivity index (χ4v) is 2.16. The third-order valence-electron chi connectivity index (χ3n) is 3.56. The van der Waals surface area contributed by atoms with Crippen molar-refractivity contribution >= 4 is 5.91 Å². The zero-order valence-corrected chi connectivity index (χ0v) is 9.13. The molecule has 1 saturated carbocycles. The van der Waals surface area contributed by atoms with Crippen LogP contribution >= 0.6 is 0 Å². The quantitative estimate of drug-likeness (QED) is 0.709. The lowest BCUT2D eigenvalue weighted by atomic mass is 9.77. The van der Waals surface area contributed by atoms with Gasteiger partial charge in [0.15, 0.2) is 0 Å². The third kappa shape index (κ3) is 2.49. The van der Waals surface area contributed by atoms with Crippen molar-refractivity contribution in [2.45, 2.75) is 37.6 Å². The summed E-state index contributed by atoms with van der Waals surface area (Å²) in [5.74, 6) is 0.660. The molecule has 0 aromatic heterocycles. The number of hydrogen-bond acceptors (Lipinski definition) is 3. The molecule has 2 rings (SSSR count). The Hall–Kier alpha value is -0.610. The van der Waals surface area contributed by atoms with E-state index < -0.39 is 5.54 Å². The van der Waals surface area contributed by atoms with Crippen molar-refractivity contribution in [3.8, 4) is 0 Å². The standard InChI is InChI=1S/C11H20N2O2/c12-11(4-1-5-11)10(14)13-6-2-9-3-7-15-8-9/h9H,1-8,12H2,(H,13,14). The molecule has 3 N–H and O–H groups in total. The van der Waals surface area contributed by atoms with Crippen molar-refractivity contribution in [1.29, 1.82) is 0 Å². The molecule has 0 bridgehead atoms. The molecule has 4 heteroatoms. The first-order valence-corrected chi connectivity index (χ1v) is 5.86. The second-order valence-electron chi connectivity index (χ2n) is 4.78. The van der Waals surface area contributed by atoms with Crippen molar-refractivity contribution in [3.63, 3.8) is 0 Å². The number of rotatable bonds is 4. The normalized spacial score (nSPS) is 28.5. The van der Waals surface area contributed by atoms with E-state index in [-0.39, 0.29) is 5.91 Å². The molecular weight excluding hydrogens is 192 g/mol. The van der Waals surface area contributed by atoms with E-state index in [9.17, 15) is 4.79 Å². The first-order valence-electron chi connectivity index (χ1n) is 5.86. The minimum atomic E-state index is -0.549. The lowest BCUT2D eigenvalue weighted by Gasteiger charge is -2.36. The Labute approximate surface area is 90.5 Å². The number of nitrogens with one attached hydrogen (secondary N) is 1. The van der Waals surface area contributed by atoms with Crippen LogP contribution in [0.25, 0.3) is 0 Å². The van der Waals surface area contributed by atoms with Crippen LogP contribution in [0.3, 0.4) is 0 Å². The van der Waals surface area contributed by atoms with Gasteiger partial charge in [-0.15, -0.1) is 0 Å². The summed E-state index contributed by atoms with van der Waals surface area (Å²) in [5.41, 5.74) is 5.35. The molecule has 0 radical (unpaired) electrons. The van der Waals surface area contributed by atoms with E-state index in [2.05, 4.69) is 5.32 Å². The van der Waals surface area contributed by atoms with Crippen molar-refractivity contribution in [1.82, 2.24) is 5.32 Å². The van der Waals surface area contributed by atoms with Crippen LogP contribution in [0.5, 0.6) is 0 Å². The second kappa shape index (κ2) is 4.49. The van der Waals surface area contributed by atoms with E-state index in [0.717, 1.165) is 51.9 Å². The average Bonchev–Trinajstić information content (AvgIpc) is 2.66. The highest BCUT2D eigenvalue weighted by Gasteiger charge is 2.39. The van der Waals surface area contributed by atoms with E-state index >= 15 is 0 Å². The Bertz CT molecular complexity index is 233. The molecule has 86 valence electrons. The van der Waals surface area contributed by atoms with Gasteiger partial charge < -0.3 is 15.8 Å². The molecule has 4 nitrogen and oxygen atoms in total.